The Morgan fingerprint density at radius 1 is 1.29 bits per heavy atom. The first kappa shape index (κ1) is 12.8. The van der Waals surface area contributed by atoms with Gasteiger partial charge in [0.15, 0.2) is 0 Å². The van der Waals surface area contributed by atoms with Gasteiger partial charge in [-0.05, 0) is 0 Å². The molecule has 0 aromatic heterocycles. The molecule has 1 rings (SSSR count). The molecule has 0 aliphatic carbocycles. The molecule has 0 spiro atoms. The molecule has 1 aromatic rings. The van der Waals surface area contributed by atoms with Crippen LogP contribution >= 0.6 is 11.6 Å². The second-order valence-corrected chi connectivity index (χ2v) is 3.30. The molecule has 0 bridgehead atoms. The molecule has 0 aliphatic heterocycles. The van der Waals surface area contributed by atoms with Crippen molar-refractivity contribution in [3.05, 3.63) is 42.9 Å². The van der Waals surface area contributed by atoms with Crippen molar-refractivity contribution in [1.29, 1.82) is 0 Å². The highest BCUT2D eigenvalue weighted by Crippen LogP contribution is 2.32. The van der Waals surface area contributed by atoms with E-state index in [9.17, 15) is 25.0 Å². The second kappa shape index (κ2) is 4.74. The number of nitro benzene ring substituents is 2. The Labute approximate surface area is 99.5 Å². The number of carbonyl (C=O) groups excluding carboxylic acids is 1. The Bertz CT molecular complexity index is 516. The Hall–Kier alpha value is -2.22. The molecule has 0 unspecified atom stereocenters. The molecule has 1 aromatic carbocycles. The fourth-order valence-corrected chi connectivity index (χ4v) is 1.40. The molecule has 1 amide bonds. The number of hydrogen-bond donors (Lipinski definition) is 1. The van der Waals surface area contributed by atoms with Gasteiger partial charge in [0.05, 0.1) is 21.5 Å². The van der Waals surface area contributed by atoms with Gasteiger partial charge in [-0.25, -0.2) is 0 Å². The molecule has 17 heavy (non-hydrogen) atoms. The SMILES string of the molecule is CNC(=O)c1cc([N+](=O)[O-])cc([N+](=O)[O-])c1Cl. The summed E-state index contributed by atoms with van der Waals surface area (Å²) in [4.78, 5) is 30.8. The van der Waals surface area contributed by atoms with E-state index < -0.39 is 32.2 Å². The van der Waals surface area contributed by atoms with E-state index in [1.807, 2.05) is 0 Å². The molecule has 0 fully saturated rings. The van der Waals surface area contributed by atoms with Crippen molar-refractivity contribution in [3.8, 4) is 0 Å². The summed E-state index contributed by atoms with van der Waals surface area (Å²) in [6.45, 7) is 0. The molecule has 0 heterocycles. The quantitative estimate of drug-likeness (QED) is 0.652. The maximum absolute atomic E-state index is 11.3. The molecule has 0 atom stereocenters. The average Bonchev–Trinajstić information content (AvgIpc) is 2.27. The van der Waals surface area contributed by atoms with E-state index in [-0.39, 0.29) is 5.56 Å². The Morgan fingerprint density at radius 2 is 1.88 bits per heavy atom. The molecule has 0 radical (unpaired) electrons. The monoisotopic (exact) mass is 259 g/mol. The van der Waals surface area contributed by atoms with Crippen LogP contribution in [0.1, 0.15) is 10.4 Å². The molecule has 90 valence electrons. The fraction of sp³-hybridized carbons (Fsp3) is 0.125. The van der Waals surface area contributed by atoms with Crippen LogP contribution < -0.4 is 5.32 Å². The number of hydrogen-bond acceptors (Lipinski definition) is 5. The van der Waals surface area contributed by atoms with E-state index in [4.69, 9.17) is 11.6 Å². The molecule has 9 heteroatoms. The van der Waals surface area contributed by atoms with Crippen LogP contribution in [0.2, 0.25) is 5.02 Å². The summed E-state index contributed by atoms with van der Waals surface area (Å²) < 4.78 is 0. The van der Waals surface area contributed by atoms with Crippen molar-refractivity contribution in [1.82, 2.24) is 5.32 Å². The molecule has 0 saturated carbocycles. The van der Waals surface area contributed by atoms with Crippen molar-refractivity contribution in [2.24, 2.45) is 0 Å². The van der Waals surface area contributed by atoms with E-state index in [0.29, 0.717) is 6.07 Å². The minimum atomic E-state index is -0.887. The van der Waals surface area contributed by atoms with Crippen LogP contribution in [0.25, 0.3) is 0 Å². The summed E-state index contributed by atoms with van der Waals surface area (Å²) in [5.74, 6) is -0.734. The van der Waals surface area contributed by atoms with Gasteiger partial charge in [-0.15, -0.1) is 0 Å². The van der Waals surface area contributed by atoms with E-state index in [2.05, 4.69) is 5.32 Å². The van der Waals surface area contributed by atoms with Crippen LogP contribution in [0.5, 0.6) is 0 Å². The van der Waals surface area contributed by atoms with Gasteiger partial charge in [-0.1, -0.05) is 11.6 Å². The van der Waals surface area contributed by atoms with Gasteiger partial charge in [-0.3, -0.25) is 25.0 Å². The number of carbonyl (C=O) groups is 1. The lowest BCUT2D eigenvalue weighted by Gasteiger charge is -2.03. The fourth-order valence-electron chi connectivity index (χ4n) is 1.13. The lowest BCUT2D eigenvalue weighted by molar-refractivity contribution is -0.394. The van der Waals surface area contributed by atoms with Crippen LogP contribution in [0.4, 0.5) is 11.4 Å². The second-order valence-electron chi connectivity index (χ2n) is 2.92. The summed E-state index contributed by atoms with van der Waals surface area (Å²) in [6, 6.07) is 1.59. The number of nitro groups is 2. The van der Waals surface area contributed by atoms with Crippen LogP contribution in [0, 0.1) is 20.2 Å². The van der Waals surface area contributed by atoms with E-state index >= 15 is 0 Å². The largest absolute Gasteiger partial charge is 0.355 e. The third kappa shape index (κ3) is 2.48. The van der Waals surface area contributed by atoms with E-state index in [1.54, 1.807) is 0 Å². The zero-order valence-electron chi connectivity index (χ0n) is 8.47. The van der Waals surface area contributed by atoms with Crippen LogP contribution in [-0.2, 0) is 0 Å². The normalized spacial score (nSPS) is 9.76. The summed E-state index contributed by atoms with van der Waals surface area (Å²) in [5, 5.41) is 22.9. The zero-order valence-corrected chi connectivity index (χ0v) is 9.22. The Morgan fingerprint density at radius 3 is 2.29 bits per heavy atom. The van der Waals surface area contributed by atoms with Gasteiger partial charge in [0.1, 0.15) is 5.02 Å². The summed E-state index contributed by atoms with van der Waals surface area (Å²) >= 11 is 5.63. The van der Waals surface area contributed by atoms with Crippen LogP contribution in [-0.4, -0.2) is 22.8 Å². The maximum Gasteiger partial charge on any atom is 0.295 e. The Kier molecular flexibility index (Phi) is 3.59. The molecule has 0 aliphatic rings. The standard InChI is InChI=1S/C8H6ClN3O5/c1-10-8(13)5-2-4(11(14)15)3-6(7(5)9)12(16)17/h2-3H,1H3,(H,10,13). The number of nitrogens with zero attached hydrogens (tertiary/aromatic N) is 2. The predicted molar refractivity (Wildman–Crippen MR) is 58.2 cm³/mol. The number of nitrogens with one attached hydrogen (secondary N) is 1. The third-order valence-corrected chi connectivity index (χ3v) is 2.31. The van der Waals surface area contributed by atoms with Crippen LogP contribution in [0.3, 0.4) is 0 Å². The summed E-state index contributed by atoms with van der Waals surface area (Å²) in [7, 11) is 1.28. The number of amides is 1. The first-order chi connectivity index (χ1) is 7.88. The summed E-state index contributed by atoms with van der Waals surface area (Å²) in [5.41, 5.74) is -1.56. The highest BCUT2D eigenvalue weighted by Gasteiger charge is 2.25. The minimum Gasteiger partial charge on any atom is -0.355 e. The molecular formula is C8H6ClN3O5. The van der Waals surface area contributed by atoms with Gasteiger partial charge in [0.2, 0.25) is 0 Å². The van der Waals surface area contributed by atoms with Crippen molar-refractivity contribution in [3.63, 3.8) is 0 Å². The topological polar surface area (TPSA) is 115 Å². The maximum atomic E-state index is 11.3. The van der Waals surface area contributed by atoms with Crippen molar-refractivity contribution < 1.29 is 14.6 Å². The third-order valence-electron chi connectivity index (χ3n) is 1.92. The van der Waals surface area contributed by atoms with Crippen molar-refractivity contribution in [2.45, 2.75) is 0 Å². The highest BCUT2D eigenvalue weighted by molar-refractivity contribution is 6.36. The van der Waals surface area contributed by atoms with Gasteiger partial charge >= 0.3 is 0 Å². The molecular weight excluding hydrogens is 254 g/mol. The highest BCUT2D eigenvalue weighted by atomic mass is 35.5. The lowest BCUT2D eigenvalue weighted by atomic mass is 10.1. The first-order valence-corrected chi connectivity index (χ1v) is 4.60. The summed E-state index contributed by atoms with van der Waals surface area (Å²) in [6.07, 6.45) is 0. The first-order valence-electron chi connectivity index (χ1n) is 4.23. The number of non-ortho nitro benzene ring substituents is 1. The van der Waals surface area contributed by atoms with E-state index in [0.717, 1.165) is 6.07 Å². The molecule has 1 N–H and O–H groups in total. The Balaban J connectivity index is 3.54. The number of halogens is 1. The molecule has 0 saturated heterocycles. The lowest BCUT2D eigenvalue weighted by Crippen LogP contribution is -2.18. The average molecular weight is 260 g/mol. The van der Waals surface area contributed by atoms with Crippen LogP contribution in [0.15, 0.2) is 12.1 Å². The number of rotatable bonds is 3. The minimum absolute atomic E-state index is 0.310. The number of benzene rings is 1. The van der Waals surface area contributed by atoms with Gasteiger partial charge in [-0.2, -0.15) is 0 Å². The van der Waals surface area contributed by atoms with Crippen molar-refractivity contribution >= 4 is 28.9 Å². The van der Waals surface area contributed by atoms with E-state index in [1.165, 1.54) is 7.05 Å². The zero-order chi connectivity index (χ0) is 13.2. The molecule has 8 nitrogen and oxygen atoms in total. The van der Waals surface area contributed by atoms with Gasteiger partial charge < -0.3 is 5.32 Å². The van der Waals surface area contributed by atoms with Gasteiger partial charge in [0, 0.05) is 13.1 Å². The van der Waals surface area contributed by atoms with Gasteiger partial charge in [0.25, 0.3) is 17.3 Å². The van der Waals surface area contributed by atoms with Crippen molar-refractivity contribution in [2.75, 3.05) is 7.05 Å². The smallest absolute Gasteiger partial charge is 0.295 e. The predicted octanol–water partition coefficient (Wildman–Crippen LogP) is 1.52.